The van der Waals surface area contributed by atoms with Crippen LogP contribution in [0.4, 0.5) is 43.9 Å². The van der Waals surface area contributed by atoms with Crippen LogP contribution in [-0.2, 0) is 42.9 Å². The molecule has 8 aliphatic rings. The highest BCUT2D eigenvalue weighted by Crippen LogP contribution is 2.61. The second kappa shape index (κ2) is 23.4. The Morgan fingerprint density at radius 3 is 1.35 bits per heavy atom. The van der Waals surface area contributed by atoms with Gasteiger partial charge >= 0.3 is 42.1 Å². The number of carbonyl (C=O) groups is 4. The molecule has 0 aliphatic heterocycles. The highest BCUT2D eigenvalue weighted by atomic mass is 127. The van der Waals surface area contributed by atoms with Crippen LogP contribution in [0, 0.1) is 23.7 Å². The number of hydrogen-bond acceptors (Lipinski definition) is 11. The molecule has 1 aromatic heterocycles. The smallest absolute Gasteiger partial charge is 0.453 e. The summed E-state index contributed by atoms with van der Waals surface area (Å²) in [5, 5.41) is 6.73. The van der Waals surface area contributed by atoms with E-state index in [4.69, 9.17) is 24.1 Å². The van der Waals surface area contributed by atoms with Crippen LogP contribution in [0.2, 0.25) is 0 Å². The summed E-state index contributed by atoms with van der Waals surface area (Å²) in [4.78, 5) is 48.8. The fourth-order valence-corrected chi connectivity index (χ4v) is 11.0. The predicted molar refractivity (Wildman–Crippen MR) is 218 cm³/mol. The molecule has 0 saturated heterocycles. The molecule has 8 fully saturated rings. The minimum Gasteiger partial charge on any atom is -1.00 e. The number of aromatic nitrogens is 1. The predicted octanol–water partition coefficient (Wildman–Crippen LogP) is 6.98. The van der Waals surface area contributed by atoms with Crippen LogP contribution in [0.3, 0.4) is 0 Å². The topological polar surface area (TPSA) is 148 Å². The van der Waals surface area contributed by atoms with Gasteiger partial charge in [-0.1, -0.05) is 19.2 Å². The average Bonchev–Trinajstić information content (AvgIpc) is 3.17. The van der Waals surface area contributed by atoms with Crippen LogP contribution >= 0.6 is 11.6 Å². The molecule has 23 heteroatoms. The molecule has 4 unspecified atom stereocenters. The largest absolute Gasteiger partial charge is 1.00 e. The van der Waals surface area contributed by atoms with Crippen LogP contribution in [0.25, 0.3) is 0 Å². The van der Waals surface area contributed by atoms with E-state index in [1.54, 1.807) is 26.2 Å². The van der Waals surface area contributed by atoms with E-state index in [2.05, 4.69) is 34.5 Å². The summed E-state index contributed by atoms with van der Waals surface area (Å²) in [5.41, 5.74) is -0.972. The molecule has 1 heterocycles. The molecule has 0 radical (unpaired) electrons. The molecule has 0 aromatic carbocycles. The first-order chi connectivity index (χ1) is 30.9. The Bertz CT molecular complexity index is 1870. The normalized spacial score (nSPS) is 29.6. The van der Waals surface area contributed by atoms with Gasteiger partial charge in [-0.25, -0.2) is 9.59 Å². The summed E-state index contributed by atoms with van der Waals surface area (Å²) < 4.78 is 148. The third-order valence-electron chi connectivity index (χ3n) is 12.5. The van der Waals surface area contributed by atoms with Crippen LogP contribution in [0.5, 0.6) is 0 Å². The Morgan fingerprint density at radius 1 is 0.662 bits per heavy atom. The number of carbonyl (C=O) groups excluding carboxylic acids is 4. The zero-order valence-corrected chi connectivity index (χ0v) is 40.4. The molecule has 8 saturated carbocycles. The molecular formula is C45H56ClF10INO10-. The van der Waals surface area contributed by atoms with Crippen LogP contribution in [-0.4, -0.2) is 106 Å². The van der Waals surface area contributed by atoms with Crippen molar-refractivity contribution in [1.29, 1.82) is 0 Å². The van der Waals surface area contributed by atoms with Gasteiger partial charge in [0.25, 0.3) is 5.24 Å². The Labute approximate surface area is 409 Å². The maximum Gasteiger partial charge on any atom is 0.453 e. The molecule has 1 N–H and O–H groups in total. The van der Waals surface area contributed by atoms with E-state index in [1.165, 1.54) is 6.42 Å². The number of esters is 3. The highest BCUT2D eigenvalue weighted by Gasteiger charge is 2.62. The molecule has 0 spiro atoms. The van der Waals surface area contributed by atoms with Crippen molar-refractivity contribution >= 4 is 34.8 Å². The van der Waals surface area contributed by atoms with Crippen LogP contribution < -0.4 is 24.0 Å². The summed E-state index contributed by atoms with van der Waals surface area (Å²) in [7, 11) is 0. The van der Waals surface area contributed by atoms with Gasteiger partial charge in [-0.15, -0.1) is 0 Å². The van der Waals surface area contributed by atoms with Crippen molar-refractivity contribution < 1.29 is 116 Å². The second-order valence-corrected chi connectivity index (χ2v) is 19.2. The van der Waals surface area contributed by atoms with Crippen molar-refractivity contribution in [2.75, 3.05) is 26.4 Å². The minimum atomic E-state index is -5.81. The summed E-state index contributed by atoms with van der Waals surface area (Å²) in [6.45, 7) is 10.4. The number of nitrogens with zero attached hydrogens (tertiary/aromatic N) is 1. The average molecular weight is 1120 g/mol. The summed E-state index contributed by atoms with van der Waals surface area (Å²) in [6.07, 6.45) is -1.45. The molecule has 1 aromatic rings. The fraction of sp³-hybridized carbons (Fsp3) is 0.711. The van der Waals surface area contributed by atoms with E-state index in [9.17, 15) is 63.1 Å². The van der Waals surface area contributed by atoms with Crippen LogP contribution in [0.15, 0.2) is 54.9 Å². The zero-order chi connectivity index (χ0) is 50.3. The molecule has 68 heavy (non-hydrogen) atoms. The van der Waals surface area contributed by atoms with E-state index in [0.717, 1.165) is 64.2 Å². The lowest BCUT2D eigenvalue weighted by Crippen LogP contribution is -3.00. The summed E-state index contributed by atoms with van der Waals surface area (Å²) in [6, 6.07) is 5.72. The van der Waals surface area contributed by atoms with Crippen molar-refractivity contribution in [2.24, 2.45) is 23.7 Å². The van der Waals surface area contributed by atoms with Crippen molar-refractivity contribution in [1.82, 2.24) is 4.98 Å². The van der Waals surface area contributed by atoms with E-state index in [-0.39, 0.29) is 54.4 Å². The van der Waals surface area contributed by atoms with Gasteiger partial charge in [0.15, 0.2) is 0 Å². The van der Waals surface area contributed by atoms with Gasteiger partial charge in [-0.3, -0.25) is 14.6 Å². The summed E-state index contributed by atoms with van der Waals surface area (Å²) >= 11 is 4.19. The molecule has 8 bridgehead atoms. The molecule has 4 atom stereocenters. The first kappa shape index (κ1) is 59.2. The van der Waals surface area contributed by atoms with E-state index >= 15 is 0 Å². The third kappa shape index (κ3) is 16.8. The first-order valence-corrected chi connectivity index (χ1v) is 22.0. The monoisotopic (exact) mass is 1120 g/mol. The van der Waals surface area contributed by atoms with Gasteiger partial charge in [0, 0.05) is 36.4 Å². The Balaban J connectivity index is 0.000000275. The highest BCUT2D eigenvalue weighted by molar-refractivity contribution is 6.65. The number of alkyl halides is 10. The SMILES string of the molecule is C=C(C)C(=O)OC12CC3CC(CC(OCCO)(C3)C1)C2.C=C(C)C(=O)OC12CC3CC(CC(OCCOC(=O)CC(F)(F)C(F)(F)F)(C3)C1)C2.O=C(Cl)C(F)(F)CC(F)(F)F.[I-].c1ccncc1. The van der Waals surface area contributed by atoms with E-state index in [0.29, 0.717) is 47.8 Å². The first-order valence-electron chi connectivity index (χ1n) is 21.6. The number of aliphatic hydroxyl groups is 1. The number of ether oxygens (including phenoxy) is 5. The number of aliphatic hydroxyl groups excluding tert-OH is 1. The minimum absolute atomic E-state index is 0. The Morgan fingerprint density at radius 2 is 1.06 bits per heavy atom. The molecule has 0 amide bonds. The number of halogens is 12. The van der Waals surface area contributed by atoms with Gasteiger partial charge in [0.1, 0.15) is 30.7 Å². The summed E-state index contributed by atoms with van der Waals surface area (Å²) in [5.74, 6) is -10.2. The molecular weight excluding hydrogens is 1070 g/mol. The van der Waals surface area contributed by atoms with Gasteiger partial charge < -0.3 is 52.8 Å². The quantitative estimate of drug-likeness (QED) is 0.0370. The maximum atomic E-state index is 12.9. The molecule has 11 nitrogen and oxygen atoms in total. The van der Waals surface area contributed by atoms with E-state index < -0.39 is 72.0 Å². The molecule has 9 rings (SSSR count). The molecule has 8 aliphatic carbocycles. The van der Waals surface area contributed by atoms with Gasteiger partial charge in [-0.05, 0) is 125 Å². The zero-order valence-electron chi connectivity index (χ0n) is 37.4. The lowest BCUT2D eigenvalue weighted by molar-refractivity contribution is -0.284. The number of pyridine rings is 1. The standard InChI is InChI=1S/C20H25F5O5.C16H24O4.C5H5N.C4H2ClF5O.HI/c1-12(2)16(27)30-18-8-13-5-14(9-18)7-17(6-13,11-18)29-4-3-28-15(26)10-19(21,22)20(23,24)25;1-11(2)14(18)20-16-8-12-5-13(9-16)7-15(6-12,10-16)19-4-3-17;1-2-4-6-5-3-1;5-2(11)3(6,7)1-4(8,9)10;/h13-14H,1,3-11H2,2H3;12-13,17H,1,3-10H2,2H3;1-5H;1H2;1H/p-1. The second-order valence-electron chi connectivity index (χ2n) is 18.8. The third-order valence-corrected chi connectivity index (χ3v) is 12.8. The number of rotatable bonds is 15. The van der Waals surface area contributed by atoms with Crippen molar-refractivity contribution in [2.45, 2.75) is 150 Å². The number of hydrogen-bond donors (Lipinski definition) is 1. The van der Waals surface area contributed by atoms with E-state index in [1.807, 2.05) is 18.2 Å². The van der Waals surface area contributed by atoms with Crippen LogP contribution in [0.1, 0.15) is 104 Å². The maximum absolute atomic E-state index is 12.9. The molecule has 386 valence electrons. The van der Waals surface area contributed by atoms with Gasteiger partial charge in [0.05, 0.1) is 31.0 Å². The Kier molecular flexibility index (Phi) is 20.4. The fourth-order valence-electron chi connectivity index (χ4n) is 11.0. The van der Waals surface area contributed by atoms with Gasteiger partial charge in [-0.2, -0.15) is 43.9 Å². The van der Waals surface area contributed by atoms with Gasteiger partial charge in [0.2, 0.25) is 0 Å². The lowest BCUT2D eigenvalue weighted by atomic mass is 9.52. The van der Waals surface area contributed by atoms with Crippen molar-refractivity contribution in [3.8, 4) is 0 Å². The van der Waals surface area contributed by atoms with Crippen molar-refractivity contribution in [3.63, 3.8) is 0 Å². The lowest BCUT2D eigenvalue weighted by Gasteiger charge is -2.60. The Hall–Kier alpha value is -3.09. The van der Waals surface area contributed by atoms with Crippen molar-refractivity contribution in [3.05, 3.63) is 54.9 Å².